The van der Waals surface area contributed by atoms with Crippen molar-refractivity contribution in [2.75, 3.05) is 13.7 Å². The van der Waals surface area contributed by atoms with E-state index in [1.54, 1.807) is 12.1 Å². The SMILES string of the molecule is COC(=O)COc1ccc(Br)cc1C(N)=O. The van der Waals surface area contributed by atoms with E-state index in [-0.39, 0.29) is 17.9 Å². The van der Waals surface area contributed by atoms with Crippen LogP contribution >= 0.6 is 15.9 Å². The van der Waals surface area contributed by atoms with E-state index in [0.29, 0.717) is 4.47 Å². The maximum Gasteiger partial charge on any atom is 0.343 e. The van der Waals surface area contributed by atoms with Gasteiger partial charge in [-0.2, -0.15) is 0 Å². The summed E-state index contributed by atoms with van der Waals surface area (Å²) in [5.41, 5.74) is 5.37. The molecule has 86 valence electrons. The van der Waals surface area contributed by atoms with Gasteiger partial charge in [0.25, 0.3) is 5.91 Å². The van der Waals surface area contributed by atoms with Crippen molar-refractivity contribution < 1.29 is 19.1 Å². The average molecular weight is 288 g/mol. The van der Waals surface area contributed by atoms with Crippen molar-refractivity contribution >= 4 is 27.8 Å². The van der Waals surface area contributed by atoms with Crippen molar-refractivity contribution in [1.82, 2.24) is 0 Å². The Kier molecular flexibility index (Phi) is 4.30. The molecule has 1 amide bonds. The van der Waals surface area contributed by atoms with Crippen LogP contribution in [0.3, 0.4) is 0 Å². The molecule has 6 heteroatoms. The van der Waals surface area contributed by atoms with E-state index in [1.165, 1.54) is 13.2 Å². The highest BCUT2D eigenvalue weighted by atomic mass is 79.9. The number of rotatable bonds is 4. The summed E-state index contributed by atoms with van der Waals surface area (Å²) < 4.78 is 10.2. The van der Waals surface area contributed by atoms with Crippen LogP contribution in [-0.2, 0) is 9.53 Å². The molecule has 0 aliphatic heterocycles. The van der Waals surface area contributed by atoms with Crippen LogP contribution in [0.2, 0.25) is 0 Å². The van der Waals surface area contributed by atoms with Crippen molar-refractivity contribution in [3.05, 3.63) is 28.2 Å². The first-order valence-electron chi connectivity index (χ1n) is 4.33. The third-order valence-electron chi connectivity index (χ3n) is 1.78. The van der Waals surface area contributed by atoms with Crippen LogP contribution in [-0.4, -0.2) is 25.6 Å². The first-order valence-corrected chi connectivity index (χ1v) is 5.13. The minimum atomic E-state index is -0.624. The molecule has 1 rings (SSSR count). The maximum atomic E-state index is 11.1. The fourth-order valence-corrected chi connectivity index (χ4v) is 1.38. The Balaban J connectivity index is 2.87. The van der Waals surface area contributed by atoms with Gasteiger partial charge in [-0.3, -0.25) is 4.79 Å². The van der Waals surface area contributed by atoms with Gasteiger partial charge in [-0.1, -0.05) is 15.9 Å². The van der Waals surface area contributed by atoms with Crippen molar-refractivity contribution in [2.45, 2.75) is 0 Å². The number of hydrogen-bond donors (Lipinski definition) is 1. The van der Waals surface area contributed by atoms with Crippen LogP contribution in [0.4, 0.5) is 0 Å². The average Bonchev–Trinajstić information content (AvgIpc) is 2.26. The van der Waals surface area contributed by atoms with E-state index in [1.807, 2.05) is 0 Å². The molecule has 0 atom stereocenters. The predicted octanol–water partition coefficient (Wildman–Crippen LogP) is 1.10. The van der Waals surface area contributed by atoms with Crippen LogP contribution in [0.25, 0.3) is 0 Å². The van der Waals surface area contributed by atoms with E-state index in [2.05, 4.69) is 20.7 Å². The highest BCUT2D eigenvalue weighted by Crippen LogP contribution is 2.22. The quantitative estimate of drug-likeness (QED) is 0.841. The molecule has 16 heavy (non-hydrogen) atoms. The van der Waals surface area contributed by atoms with Gasteiger partial charge in [-0.25, -0.2) is 4.79 Å². The van der Waals surface area contributed by atoms with Gasteiger partial charge in [-0.15, -0.1) is 0 Å². The van der Waals surface area contributed by atoms with Gasteiger partial charge in [-0.05, 0) is 18.2 Å². The summed E-state index contributed by atoms with van der Waals surface area (Å²) in [5.74, 6) is -0.902. The van der Waals surface area contributed by atoms with Crippen molar-refractivity contribution in [3.8, 4) is 5.75 Å². The van der Waals surface area contributed by atoms with Crippen LogP contribution in [0.5, 0.6) is 5.75 Å². The maximum absolute atomic E-state index is 11.1. The zero-order valence-corrected chi connectivity index (χ0v) is 10.1. The zero-order chi connectivity index (χ0) is 12.1. The molecule has 0 fully saturated rings. The fraction of sp³-hybridized carbons (Fsp3) is 0.200. The monoisotopic (exact) mass is 287 g/mol. The van der Waals surface area contributed by atoms with Gasteiger partial charge in [0.1, 0.15) is 5.75 Å². The molecule has 0 bridgehead atoms. The molecule has 0 heterocycles. The number of amides is 1. The van der Waals surface area contributed by atoms with Gasteiger partial charge in [0.2, 0.25) is 0 Å². The van der Waals surface area contributed by atoms with Crippen LogP contribution in [0.1, 0.15) is 10.4 Å². The Hall–Kier alpha value is -1.56. The van der Waals surface area contributed by atoms with Crippen molar-refractivity contribution in [3.63, 3.8) is 0 Å². The number of ether oxygens (including phenoxy) is 2. The lowest BCUT2D eigenvalue weighted by Crippen LogP contribution is -2.17. The van der Waals surface area contributed by atoms with Gasteiger partial charge in [0.05, 0.1) is 12.7 Å². The lowest BCUT2D eigenvalue weighted by Gasteiger charge is -2.08. The third kappa shape index (κ3) is 3.23. The molecule has 0 radical (unpaired) electrons. The predicted molar refractivity (Wildman–Crippen MR) is 60.2 cm³/mol. The molecular formula is C10H10BrNO4. The van der Waals surface area contributed by atoms with Gasteiger partial charge in [0.15, 0.2) is 6.61 Å². The number of carbonyl (C=O) groups excluding carboxylic acids is 2. The third-order valence-corrected chi connectivity index (χ3v) is 2.27. The normalized spacial score (nSPS) is 9.62. The molecule has 0 saturated carbocycles. The zero-order valence-electron chi connectivity index (χ0n) is 8.53. The summed E-state index contributed by atoms with van der Waals surface area (Å²) in [6.45, 7) is -0.265. The number of carbonyl (C=O) groups is 2. The highest BCUT2D eigenvalue weighted by molar-refractivity contribution is 9.10. The molecule has 1 aromatic rings. The molecule has 0 spiro atoms. The van der Waals surface area contributed by atoms with Crippen molar-refractivity contribution in [2.24, 2.45) is 5.73 Å². The number of nitrogens with two attached hydrogens (primary N) is 1. The number of hydrogen-bond acceptors (Lipinski definition) is 4. The number of methoxy groups -OCH3 is 1. The van der Waals surface area contributed by atoms with Gasteiger partial charge >= 0.3 is 5.97 Å². The molecule has 0 aliphatic rings. The van der Waals surface area contributed by atoms with Gasteiger partial charge in [0, 0.05) is 4.47 Å². The molecule has 2 N–H and O–H groups in total. The molecule has 0 aromatic heterocycles. The molecule has 1 aromatic carbocycles. The second-order valence-electron chi connectivity index (χ2n) is 2.87. The lowest BCUT2D eigenvalue weighted by atomic mass is 10.2. The minimum Gasteiger partial charge on any atom is -0.481 e. The Morgan fingerprint density at radius 3 is 2.69 bits per heavy atom. The largest absolute Gasteiger partial charge is 0.481 e. The summed E-state index contributed by atoms with van der Waals surface area (Å²) in [4.78, 5) is 22.0. The molecule has 0 saturated heterocycles. The Morgan fingerprint density at radius 2 is 2.12 bits per heavy atom. The lowest BCUT2D eigenvalue weighted by molar-refractivity contribution is -0.142. The summed E-state index contributed by atoms with van der Waals surface area (Å²) in [6, 6.07) is 4.75. The van der Waals surface area contributed by atoms with Crippen LogP contribution in [0, 0.1) is 0 Å². The highest BCUT2D eigenvalue weighted by Gasteiger charge is 2.11. The summed E-state index contributed by atoms with van der Waals surface area (Å²) in [7, 11) is 1.25. The Morgan fingerprint density at radius 1 is 1.44 bits per heavy atom. The topological polar surface area (TPSA) is 78.6 Å². The van der Waals surface area contributed by atoms with E-state index in [4.69, 9.17) is 10.5 Å². The second kappa shape index (κ2) is 5.50. The van der Waals surface area contributed by atoms with E-state index in [9.17, 15) is 9.59 Å². The molecule has 5 nitrogen and oxygen atoms in total. The van der Waals surface area contributed by atoms with Gasteiger partial charge < -0.3 is 15.2 Å². The van der Waals surface area contributed by atoms with E-state index < -0.39 is 11.9 Å². The number of halogens is 1. The Labute approximate surface area is 101 Å². The first kappa shape index (κ1) is 12.5. The fourth-order valence-electron chi connectivity index (χ4n) is 1.02. The molecule has 0 unspecified atom stereocenters. The number of primary amides is 1. The second-order valence-corrected chi connectivity index (χ2v) is 3.79. The molecule has 0 aliphatic carbocycles. The van der Waals surface area contributed by atoms with Crippen LogP contribution in [0.15, 0.2) is 22.7 Å². The minimum absolute atomic E-state index is 0.207. The number of esters is 1. The number of benzene rings is 1. The summed E-state index contributed by atoms with van der Waals surface area (Å²) in [6.07, 6.45) is 0. The Bertz CT molecular complexity index is 419. The standard InChI is InChI=1S/C10H10BrNO4/c1-15-9(13)5-16-8-3-2-6(11)4-7(8)10(12)14/h2-4H,5H2,1H3,(H2,12,14). The summed E-state index contributed by atoms with van der Waals surface area (Å²) in [5, 5.41) is 0. The van der Waals surface area contributed by atoms with Crippen LogP contribution < -0.4 is 10.5 Å². The van der Waals surface area contributed by atoms with E-state index in [0.717, 1.165) is 0 Å². The first-order chi connectivity index (χ1) is 7.54. The van der Waals surface area contributed by atoms with E-state index >= 15 is 0 Å². The van der Waals surface area contributed by atoms with Crippen molar-refractivity contribution in [1.29, 1.82) is 0 Å². The summed E-state index contributed by atoms with van der Waals surface area (Å²) >= 11 is 3.20. The molecular weight excluding hydrogens is 278 g/mol. The smallest absolute Gasteiger partial charge is 0.343 e.